The van der Waals surface area contributed by atoms with Crippen LogP contribution in [-0.4, -0.2) is 12.1 Å². The zero-order valence-corrected chi connectivity index (χ0v) is 14.0. The Morgan fingerprint density at radius 1 is 1.25 bits per heavy atom. The molecular formula is C16H23BrN2O. The maximum atomic E-state index is 12.0. The Labute approximate surface area is 129 Å². The van der Waals surface area contributed by atoms with Gasteiger partial charge in [0.15, 0.2) is 0 Å². The summed E-state index contributed by atoms with van der Waals surface area (Å²) < 4.78 is 1.01. The van der Waals surface area contributed by atoms with E-state index in [2.05, 4.69) is 47.3 Å². The molecule has 1 aliphatic carbocycles. The van der Waals surface area contributed by atoms with Crippen molar-refractivity contribution in [2.75, 3.05) is 5.32 Å². The third-order valence-corrected chi connectivity index (χ3v) is 4.35. The van der Waals surface area contributed by atoms with E-state index in [-0.39, 0.29) is 12.1 Å². The van der Waals surface area contributed by atoms with E-state index in [4.69, 9.17) is 0 Å². The average molecular weight is 339 g/mol. The van der Waals surface area contributed by atoms with Crippen molar-refractivity contribution in [2.24, 2.45) is 11.3 Å². The zero-order chi connectivity index (χ0) is 14.8. The molecule has 2 atom stereocenters. The molecule has 0 radical (unpaired) electrons. The molecule has 1 aromatic rings. The van der Waals surface area contributed by atoms with Crippen molar-refractivity contribution >= 4 is 27.6 Å². The topological polar surface area (TPSA) is 41.1 Å². The lowest BCUT2D eigenvalue weighted by Gasteiger charge is -2.39. The van der Waals surface area contributed by atoms with Crippen LogP contribution in [0.4, 0.5) is 10.5 Å². The molecule has 20 heavy (non-hydrogen) atoms. The Kier molecular flexibility index (Phi) is 4.74. The summed E-state index contributed by atoms with van der Waals surface area (Å²) in [5, 5.41) is 5.99. The minimum atomic E-state index is -0.109. The summed E-state index contributed by atoms with van der Waals surface area (Å²) in [6.07, 6.45) is 3.35. The summed E-state index contributed by atoms with van der Waals surface area (Å²) >= 11 is 3.38. The first-order valence-corrected chi connectivity index (χ1v) is 7.96. The van der Waals surface area contributed by atoms with E-state index in [1.165, 1.54) is 6.42 Å². The van der Waals surface area contributed by atoms with Gasteiger partial charge < -0.3 is 10.6 Å². The summed E-state index contributed by atoms with van der Waals surface area (Å²) in [6.45, 7) is 6.83. The highest BCUT2D eigenvalue weighted by molar-refractivity contribution is 9.10. The molecule has 0 aromatic heterocycles. The van der Waals surface area contributed by atoms with Crippen LogP contribution in [0.2, 0.25) is 0 Å². The zero-order valence-electron chi connectivity index (χ0n) is 12.4. The van der Waals surface area contributed by atoms with Gasteiger partial charge in [0, 0.05) is 16.2 Å². The van der Waals surface area contributed by atoms with Crippen molar-refractivity contribution in [3.63, 3.8) is 0 Å². The standard InChI is InChI=1S/C16H23BrN2O/c1-11-8-14(10-16(2,3)9-11)19-15(20)18-13-6-4-12(17)5-7-13/h4-7,11,14H,8-10H2,1-3H3,(H2,18,19,20). The molecule has 2 unspecified atom stereocenters. The Morgan fingerprint density at radius 2 is 1.90 bits per heavy atom. The molecule has 1 saturated carbocycles. The first kappa shape index (κ1) is 15.4. The summed E-state index contributed by atoms with van der Waals surface area (Å²) in [5.74, 6) is 0.664. The maximum Gasteiger partial charge on any atom is 0.319 e. The number of benzene rings is 1. The smallest absolute Gasteiger partial charge is 0.319 e. The quantitative estimate of drug-likeness (QED) is 0.799. The number of hydrogen-bond acceptors (Lipinski definition) is 1. The third-order valence-electron chi connectivity index (χ3n) is 3.82. The highest BCUT2D eigenvalue weighted by Gasteiger charge is 2.32. The molecule has 1 aromatic carbocycles. The molecule has 110 valence electrons. The van der Waals surface area contributed by atoms with Crippen molar-refractivity contribution in [1.82, 2.24) is 5.32 Å². The molecule has 0 spiro atoms. The highest BCUT2D eigenvalue weighted by Crippen LogP contribution is 2.38. The van der Waals surface area contributed by atoms with Gasteiger partial charge in [-0.15, -0.1) is 0 Å². The van der Waals surface area contributed by atoms with E-state index in [9.17, 15) is 4.79 Å². The minimum Gasteiger partial charge on any atom is -0.335 e. The van der Waals surface area contributed by atoms with Crippen LogP contribution < -0.4 is 10.6 Å². The predicted octanol–water partition coefficient (Wildman–Crippen LogP) is 4.79. The van der Waals surface area contributed by atoms with E-state index in [0.717, 1.165) is 23.0 Å². The van der Waals surface area contributed by atoms with E-state index in [0.29, 0.717) is 11.3 Å². The lowest BCUT2D eigenvalue weighted by Crippen LogP contribution is -2.44. The van der Waals surface area contributed by atoms with Gasteiger partial charge in [-0.3, -0.25) is 0 Å². The van der Waals surface area contributed by atoms with Gasteiger partial charge in [0.1, 0.15) is 0 Å². The van der Waals surface area contributed by atoms with E-state index in [1.54, 1.807) is 0 Å². The molecule has 0 heterocycles. The second-order valence-corrected chi connectivity index (χ2v) is 7.63. The fourth-order valence-electron chi connectivity index (χ4n) is 3.34. The summed E-state index contributed by atoms with van der Waals surface area (Å²) in [7, 11) is 0. The largest absolute Gasteiger partial charge is 0.335 e. The number of carbonyl (C=O) groups excluding carboxylic acids is 1. The van der Waals surface area contributed by atoms with Crippen molar-refractivity contribution in [3.05, 3.63) is 28.7 Å². The fraction of sp³-hybridized carbons (Fsp3) is 0.562. The minimum absolute atomic E-state index is 0.109. The molecule has 0 bridgehead atoms. The maximum absolute atomic E-state index is 12.0. The number of nitrogens with one attached hydrogen (secondary N) is 2. The molecule has 1 fully saturated rings. The highest BCUT2D eigenvalue weighted by atomic mass is 79.9. The number of urea groups is 1. The molecular weight excluding hydrogens is 316 g/mol. The molecule has 0 saturated heterocycles. The van der Waals surface area contributed by atoms with E-state index >= 15 is 0 Å². The van der Waals surface area contributed by atoms with Crippen molar-refractivity contribution in [2.45, 2.75) is 46.1 Å². The first-order valence-electron chi connectivity index (χ1n) is 7.17. The molecule has 1 aliphatic rings. The van der Waals surface area contributed by atoms with Crippen molar-refractivity contribution < 1.29 is 4.79 Å². The van der Waals surface area contributed by atoms with Crippen LogP contribution in [0.25, 0.3) is 0 Å². The second kappa shape index (κ2) is 6.17. The van der Waals surface area contributed by atoms with Gasteiger partial charge in [0.25, 0.3) is 0 Å². The van der Waals surface area contributed by atoms with Crippen LogP contribution in [0.3, 0.4) is 0 Å². The summed E-state index contributed by atoms with van der Waals surface area (Å²) in [6, 6.07) is 7.77. The molecule has 2 amide bonds. The average Bonchev–Trinajstić information content (AvgIpc) is 2.29. The number of rotatable bonds is 2. The predicted molar refractivity (Wildman–Crippen MR) is 86.9 cm³/mol. The van der Waals surface area contributed by atoms with Gasteiger partial charge in [0.05, 0.1) is 0 Å². The lowest BCUT2D eigenvalue weighted by atomic mass is 9.71. The van der Waals surface area contributed by atoms with Crippen LogP contribution in [0.5, 0.6) is 0 Å². The Hall–Kier alpha value is -1.03. The fourth-order valence-corrected chi connectivity index (χ4v) is 3.61. The van der Waals surface area contributed by atoms with Gasteiger partial charge in [-0.25, -0.2) is 4.79 Å². The SMILES string of the molecule is CC1CC(NC(=O)Nc2ccc(Br)cc2)CC(C)(C)C1. The van der Waals surface area contributed by atoms with Crippen LogP contribution in [0.15, 0.2) is 28.7 Å². The van der Waals surface area contributed by atoms with Gasteiger partial charge in [0.2, 0.25) is 0 Å². The number of anilines is 1. The van der Waals surface area contributed by atoms with Gasteiger partial charge in [-0.1, -0.05) is 36.7 Å². The summed E-state index contributed by atoms with van der Waals surface area (Å²) in [5.41, 5.74) is 1.13. The van der Waals surface area contributed by atoms with E-state index in [1.807, 2.05) is 24.3 Å². The van der Waals surface area contributed by atoms with Crippen LogP contribution in [0, 0.1) is 11.3 Å². The Balaban J connectivity index is 1.89. The number of halogens is 1. The molecule has 2 rings (SSSR count). The van der Waals surface area contributed by atoms with Crippen LogP contribution in [-0.2, 0) is 0 Å². The van der Waals surface area contributed by atoms with Crippen molar-refractivity contribution in [1.29, 1.82) is 0 Å². The van der Waals surface area contributed by atoms with Gasteiger partial charge in [-0.2, -0.15) is 0 Å². The Bertz CT molecular complexity index is 470. The molecule has 3 nitrogen and oxygen atoms in total. The number of carbonyl (C=O) groups is 1. The lowest BCUT2D eigenvalue weighted by molar-refractivity contribution is 0.154. The Morgan fingerprint density at radius 3 is 2.50 bits per heavy atom. The van der Waals surface area contributed by atoms with E-state index < -0.39 is 0 Å². The molecule has 2 N–H and O–H groups in total. The molecule has 0 aliphatic heterocycles. The number of hydrogen-bond donors (Lipinski definition) is 2. The number of amides is 2. The van der Waals surface area contributed by atoms with Crippen LogP contribution >= 0.6 is 15.9 Å². The van der Waals surface area contributed by atoms with Gasteiger partial charge in [-0.05, 0) is 54.9 Å². The first-order chi connectivity index (χ1) is 9.34. The molecule has 4 heteroatoms. The van der Waals surface area contributed by atoms with Gasteiger partial charge >= 0.3 is 6.03 Å². The third kappa shape index (κ3) is 4.51. The normalized spacial score (nSPS) is 25.0. The second-order valence-electron chi connectivity index (χ2n) is 6.72. The van der Waals surface area contributed by atoms with Crippen LogP contribution in [0.1, 0.15) is 40.0 Å². The summed E-state index contributed by atoms with van der Waals surface area (Å²) in [4.78, 5) is 12.0. The van der Waals surface area contributed by atoms with Crippen molar-refractivity contribution in [3.8, 4) is 0 Å². The monoisotopic (exact) mass is 338 g/mol.